The molecule has 0 spiro atoms. The zero-order chi connectivity index (χ0) is 22.0. The Kier molecular flexibility index (Phi) is 6.62. The van der Waals surface area contributed by atoms with Crippen molar-refractivity contribution < 1.29 is 22.3 Å². The van der Waals surface area contributed by atoms with E-state index in [2.05, 4.69) is 4.72 Å². The van der Waals surface area contributed by atoms with E-state index in [4.69, 9.17) is 16.3 Å². The van der Waals surface area contributed by atoms with E-state index in [0.29, 0.717) is 6.61 Å². The molecule has 1 heterocycles. The first kappa shape index (κ1) is 22.2. The summed E-state index contributed by atoms with van der Waals surface area (Å²) in [7, 11) is -3.79. The normalized spacial score (nSPS) is 18.8. The van der Waals surface area contributed by atoms with Crippen LogP contribution in [0, 0.1) is 5.82 Å². The van der Waals surface area contributed by atoms with Gasteiger partial charge in [-0.05, 0) is 56.0 Å². The number of carbonyl (C=O) groups excluding carboxylic acids is 1. The summed E-state index contributed by atoms with van der Waals surface area (Å²) in [6.07, 6.45) is 3.24. The lowest BCUT2D eigenvalue weighted by Gasteiger charge is -2.24. The summed E-state index contributed by atoms with van der Waals surface area (Å²) in [4.78, 5) is 14.8. The SMILES string of the molecule is O=C(c1cccc(S(=O)(=O)NC[C@@H]2CCCO2)c1)N(Cc1c(F)cccc1Cl)C1CC1. The summed E-state index contributed by atoms with van der Waals surface area (Å²) in [6.45, 7) is 0.864. The summed E-state index contributed by atoms with van der Waals surface area (Å²) in [5.41, 5.74) is 0.491. The van der Waals surface area contributed by atoms with Crippen molar-refractivity contribution in [1.82, 2.24) is 9.62 Å². The number of ether oxygens (including phenoxy) is 1. The molecule has 0 aromatic heterocycles. The highest BCUT2D eigenvalue weighted by Gasteiger charge is 2.34. The number of halogens is 2. The molecule has 31 heavy (non-hydrogen) atoms. The molecule has 1 aliphatic carbocycles. The molecule has 1 atom stereocenters. The highest BCUT2D eigenvalue weighted by Crippen LogP contribution is 2.32. The summed E-state index contributed by atoms with van der Waals surface area (Å²) < 4.78 is 47.7. The number of hydrogen-bond acceptors (Lipinski definition) is 4. The van der Waals surface area contributed by atoms with Crippen LogP contribution in [0.1, 0.15) is 41.6 Å². The Morgan fingerprint density at radius 3 is 2.65 bits per heavy atom. The Bertz CT molecular complexity index is 1050. The number of carbonyl (C=O) groups is 1. The van der Waals surface area contributed by atoms with Crippen molar-refractivity contribution in [2.24, 2.45) is 0 Å². The van der Waals surface area contributed by atoms with Gasteiger partial charge in [-0.3, -0.25) is 4.79 Å². The molecule has 1 aliphatic heterocycles. The second-order valence-electron chi connectivity index (χ2n) is 7.88. The minimum Gasteiger partial charge on any atom is -0.377 e. The first-order chi connectivity index (χ1) is 14.8. The molecule has 2 aromatic carbocycles. The molecule has 1 saturated heterocycles. The topological polar surface area (TPSA) is 75.7 Å². The predicted octanol–water partition coefficient (Wildman–Crippen LogP) is 3.74. The van der Waals surface area contributed by atoms with E-state index in [-0.39, 0.29) is 52.2 Å². The summed E-state index contributed by atoms with van der Waals surface area (Å²) in [5, 5.41) is 0.258. The standard InChI is InChI=1S/C22H24ClFN2O4S/c23-20-7-2-8-21(24)19(20)14-26(16-9-10-16)22(27)15-4-1-6-18(12-15)31(28,29)25-13-17-5-3-11-30-17/h1-2,4,6-8,12,16-17,25H,3,5,9-11,13-14H2/t17-/m0/s1. The zero-order valence-electron chi connectivity index (χ0n) is 16.9. The van der Waals surface area contributed by atoms with E-state index in [1.54, 1.807) is 17.0 Å². The molecule has 6 nitrogen and oxygen atoms in total. The van der Waals surface area contributed by atoms with Crippen molar-refractivity contribution in [3.8, 4) is 0 Å². The number of amides is 1. The van der Waals surface area contributed by atoms with Gasteiger partial charge in [-0.25, -0.2) is 17.5 Å². The molecule has 4 rings (SSSR count). The van der Waals surface area contributed by atoms with Crippen LogP contribution in [0.5, 0.6) is 0 Å². The quantitative estimate of drug-likeness (QED) is 0.643. The molecule has 1 saturated carbocycles. The highest BCUT2D eigenvalue weighted by atomic mass is 35.5. The van der Waals surface area contributed by atoms with Crippen molar-refractivity contribution in [3.63, 3.8) is 0 Å². The van der Waals surface area contributed by atoms with E-state index in [0.717, 1.165) is 25.7 Å². The average Bonchev–Trinajstić information content (AvgIpc) is 3.46. The molecule has 0 unspecified atom stereocenters. The van der Waals surface area contributed by atoms with E-state index >= 15 is 0 Å². The molecule has 2 aliphatic rings. The fourth-order valence-electron chi connectivity index (χ4n) is 3.66. The zero-order valence-corrected chi connectivity index (χ0v) is 18.5. The second-order valence-corrected chi connectivity index (χ2v) is 10.1. The minimum absolute atomic E-state index is 0.0102. The van der Waals surface area contributed by atoms with Gasteiger partial charge >= 0.3 is 0 Å². The number of hydrogen-bond donors (Lipinski definition) is 1. The summed E-state index contributed by atoms with van der Waals surface area (Å²) in [5.74, 6) is -0.821. The maximum Gasteiger partial charge on any atom is 0.254 e. The number of rotatable bonds is 8. The van der Waals surface area contributed by atoms with Crippen molar-refractivity contribution in [2.75, 3.05) is 13.2 Å². The van der Waals surface area contributed by atoms with Crippen molar-refractivity contribution >= 4 is 27.5 Å². The predicted molar refractivity (Wildman–Crippen MR) is 115 cm³/mol. The molecule has 2 fully saturated rings. The average molecular weight is 467 g/mol. The third-order valence-electron chi connectivity index (χ3n) is 5.55. The molecule has 0 bridgehead atoms. The van der Waals surface area contributed by atoms with Gasteiger partial charge in [0.15, 0.2) is 0 Å². The van der Waals surface area contributed by atoms with Crippen LogP contribution in [0.2, 0.25) is 5.02 Å². The van der Waals surface area contributed by atoms with Crippen LogP contribution in [0.25, 0.3) is 0 Å². The van der Waals surface area contributed by atoms with Crippen molar-refractivity contribution in [3.05, 3.63) is 64.4 Å². The summed E-state index contributed by atoms with van der Waals surface area (Å²) >= 11 is 6.15. The third kappa shape index (κ3) is 5.26. The number of nitrogens with one attached hydrogen (secondary N) is 1. The van der Waals surface area contributed by atoms with Gasteiger partial charge in [-0.2, -0.15) is 0 Å². The van der Waals surface area contributed by atoms with Gasteiger partial charge in [-0.1, -0.05) is 23.7 Å². The molecular formula is C22H24ClFN2O4S. The van der Waals surface area contributed by atoms with Gasteiger partial charge in [0.05, 0.1) is 17.5 Å². The maximum absolute atomic E-state index is 14.3. The van der Waals surface area contributed by atoms with Crippen LogP contribution in [0.4, 0.5) is 4.39 Å². The largest absolute Gasteiger partial charge is 0.377 e. The molecule has 166 valence electrons. The fraction of sp³-hybridized carbons (Fsp3) is 0.409. The molecule has 9 heteroatoms. The van der Waals surface area contributed by atoms with E-state index in [1.807, 2.05) is 0 Å². The fourth-order valence-corrected chi connectivity index (χ4v) is 4.99. The van der Waals surface area contributed by atoms with Crippen molar-refractivity contribution in [1.29, 1.82) is 0 Å². The van der Waals surface area contributed by atoms with Gasteiger partial charge in [0.25, 0.3) is 5.91 Å². The second kappa shape index (κ2) is 9.24. The highest BCUT2D eigenvalue weighted by molar-refractivity contribution is 7.89. The van der Waals surface area contributed by atoms with Crippen LogP contribution in [-0.4, -0.2) is 44.5 Å². The Morgan fingerprint density at radius 2 is 1.97 bits per heavy atom. The number of nitrogens with zero attached hydrogens (tertiary/aromatic N) is 1. The molecule has 1 N–H and O–H groups in total. The van der Waals surface area contributed by atoms with Gasteiger partial charge in [0, 0.05) is 35.3 Å². The van der Waals surface area contributed by atoms with Gasteiger partial charge in [0.1, 0.15) is 5.82 Å². The van der Waals surface area contributed by atoms with Crippen LogP contribution >= 0.6 is 11.6 Å². The Morgan fingerprint density at radius 1 is 1.19 bits per heavy atom. The maximum atomic E-state index is 14.3. The summed E-state index contributed by atoms with van der Waals surface area (Å²) in [6, 6.07) is 10.3. The van der Waals surface area contributed by atoms with Crippen LogP contribution in [-0.2, 0) is 21.3 Å². The first-order valence-electron chi connectivity index (χ1n) is 10.3. The lowest BCUT2D eigenvalue weighted by molar-refractivity contribution is 0.0728. The lowest BCUT2D eigenvalue weighted by Crippen LogP contribution is -2.34. The van der Waals surface area contributed by atoms with Crippen molar-refractivity contribution in [2.45, 2.75) is 49.3 Å². The first-order valence-corrected chi connectivity index (χ1v) is 12.2. The van der Waals surface area contributed by atoms with E-state index in [9.17, 15) is 17.6 Å². The van der Waals surface area contributed by atoms with Gasteiger partial charge in [0.2, 0.25) is 10.0 Å². The van der Waals surface area contributed by atoms with E-state index < -0.39 is 15.8 Å². The molecule has 0 radical (unpaired) electrons. The van der Waals surface area contributed by atoms with Crippen LogP contribution in [0.15, 0.2) is 47.4 Å². The molecular weight excluding hydrogens is 443 g/mol. The number of benzene rings is 2. The lowest BCUT2D eigenvalue weighted by atomic mass is 10.1. The Labute approximate surface area is 186 Å². The monoisotopic (exact) mass is 466 g/mol. The molecule has 1 amide bonds. The molecule has 2 aromatic rings. The number of sulfonamides is 1. The Hall–Kier alpha value is -2.00. The minimum atomic E-state index is -3.79. The Balaban J connectivity index is 1.53. The van der Waals surface area contributed by atoms with E-state index in [1.165, 1.54) is 30.3 Å². The van der Waals surface area contributed by atoms with Gasteiger partial charge in [-0.15, -0.1) is 0 Å². The third-order valence-corrected chi connectivity index (χ3v) is 7.33. The smallest absolute Gasteiger partial charge is 0.254 e. The van der Waals surface area contributed by atoms with Crippen LogP contribution in [0.3, 0.4) is 0 Å². The van der Waals surface area contributed by atoms with Crippen LogP contribution < -0.4 is 4.72 Å². The van der Waals surface area contributed by atoms with Gasteiger partial charge < -0.3 is 9.64 Å².